The van der Waals surface area contributed by atoms with Crippen molar-refractivity contribution in [1.29, 1.82) is 0 Å². The van der Waals surface area contributed by atoms with Crippen LogP contribution in [-0.2, 0) is 20.6 Å². The van der Waals surface area contributed by atoms with Crippen molar-refractivity contribution in [2.24, 2.45) is 5.92 Å². The molecule has 0 bridgehead atoms. The van der Waals surface area contributed by atoms with E-state index in [2.05, 4.69) is 104 Å². The molecule has 8 amide bonds. The van der Waals surface area contributed by atoms with Gasteiger partial charge in [0.25, 0.3) is 41.4 Å². The zero-order valence-corrected chi connectivity index (χ0v) is 87.9. The Labute approximate surface area is 858 Å². The Kier molecular flexibility index (Phi) is 30.0. The van der Waals surface area contributed by atoms with Gasteiger partial charge in [0.15, 0.2) is 28.2 Å². The number of rotatable bonds is 16. The van der Waals surface area contributed by atoms with Gasteiger partial charge in [0, 0.05) is 135 Å². The van der Waals surface area contributed by atoms with Crippen molar-refractivity contribution >= 4 is 69.8 Å². The maximum Gasteiger partial charge on any atom is 0.419 e. The number of H-pyrrole nitrogens is 1. The Morgan fingerprint density at radius 2 is 0.691 bits per heavy atom. The van der Waals surface area contributed by atoms with Crippen LogP contribution in [0, 0.1) is 25.6 Å². The summed E-state index contributed by atoms with van der Waals surface area (Å²) in [6.45, 7) is 44.9. The molecule has 40 heteroatoms. The van der Waals surface area contributed by atoms with Gasteiger partial charge in [-0.1, -0.05) is 151 Å². The summed E-state index contributed by atoms with van der Waals surface area (Å²) < 4.78 is 98.9. The number of carbonyl (C=O) groups excluding carboxylic acids is 8. The summed E-state index contributed by atoms with van der Waals surface area (Å²) in [5.41, 5.74) is 5.79. The molecular formula is C109H129F7N22O11. The number of fused-ring (bicyclic) bond motifs is 4. The molecule has 4 N–H and O–H groups in total. The minimum Gasteiger partial charge on any atom is -0.381 e. The van der Waals surface area contributed by atoms with Crippen molar-refractivity contribution in [3.63, 3.8) is 0 Å². The number of benzene rings is 4. The fourth-order valence-corrected chi connectivity index (χ4v) is 19.8. The second-order valence-corrected chi connectivity index (χ2v) is 44.2. The topological polar surface area (TPSA) is 373 Å². The van der Waals surface area contributed by atoms with Gasteiger partial charge in [-0.3, -0.25) is 43.5 Å². The smallest absolute Gasteiger partial charge is 0.381 e. The van der Waals surface area contributed by atoms with Crippen molar-refractivity contribution in [3.8, 4) is 45.0 Å². The monoisotopic (exact) mass is 2060 g/mol. The lowest BCUT2D eigenvalue weighted by molar-refractivity contribution is -0.297. The molecule has 5 fully saturated rings. The number of alkyl halides is 6. The van der Waals surface area contributed by atoms with E-state index in [9.17, 15) is 84.4 Å². The van der Waals surface area contributed by atoms with Crippen molar-refractivity contribution < 1.29 is 84.4 Å². The maximum atomic E-state index is 14.3. The Balaban J connectivity index is 0.000000149. The lowest BCUT2D eigenvalue weighted by atomic mass is 9.69. The van der Waals surface area contributed by atoms with E-state index in [1.165, 1.54) is 53.8 Å². The van der Waals surface area contributed by atoms with E-state index in [0.717, 1.165) is 68.2 Å². The minimum absolute atomic E-state index is 0.0910. The lowest BCUT2D eigenvalue weighted by Crippen LogP contribution is -2.65. The predicted octanol–water partition coefficient (Wildman–Crippen LogP) is 16.4. The summed E-state index contributed by atoms with van der Waals surface area (Å²) in [5.74, 6) is -4.16. The number of hydrogen-bond acceptors (Lipinski definition) is 20. The van der Waals surface area contributed by atoms with Crippen LogP contribution < -0.4 is 0 Å². The highest BCUT2D eigenvalue weighted by molar-refractivity contribution is 5.98. The molecule has 790 valence electrons. The van der Waals surface area contributed by atoms with E-state index in [4.69, 9.17) is 25.3 Å². The van der Waals surface area contributed by atoms with Gasteiger partial charge in [0.1, 0.15) is 45.5 Å². The van der Waals surface area contributed by atoms with Gasteiger partial charge in [-0.15, -0.1) is 0 Å². The zero-order valence-electron chi connectivity index (χ0n) is 87.9. The molecule has 0 unspecified atom stereocenters. The van der Waals surface area contributed by atoms with Crippen LogP contribution in [0.4, 0.5) is 30.7 Å². The fourth-order valence-electron chi connectivity index (χ4n) is 19.8. The molecule has 0 spiro atoms. The minimum atomic E-state index is -4.82. The van der Waals surface area contributed by atoms with E-state index in [-0.39, 0.29) is 121 Å². The average molecular weight is 2060 g/mol. The van der Waals surface area contributed by atoms with E-state index >= 15 is 0 Å². The SMILES string of the molecule is CC(C)c1cc(-c2ccc(C(F)(F)F)c(F)c2)nn2cc(C(=O)N3CCN(C(=O)C(C)(C)O)CC3(C)C)nc12.CC(C)c1cc(-c2ccccc2)nn2cc(C(=O)N3CCN(C(=O)C(C)(C)O)CC3(C)C)nc12.Cc1ccc(-c2cc(C(C)C)c3nc(C(=O)N4CCN(C(=O)C5CC(O)(C(F)(F)F)C5)CC4(C)C)cn3n2)cc1.Cc1ccc(-c2cc(C(C)C)c3nc(C(=O)N4CCN(C(=O)c5ccn[nH]5)CC4(C)C)cn3n2)cc1. The number of nitrogens with zero attached hydrogens (tertiary/aromatic N) is 21. The molecule has 4 aliphatic heterocycles. The standard InChI is InChI=1S/C29H34F3N5O3.C27H31F4N5O3.C27H31N7O2.C26H33N5O3/c1-17(2)21-12-22(19-8-6-18(3)7-9-19)34-37-15-23(33-24(21)37)26(39)36-11-10-35(16-27(36,4)5)25(38)20-13-28(40,14-20)29(30,31)32;1-15(2)17-12-20(16-7-8-18(19(28)11-16)27(29,30)31)33-36-13-21(32-22(17)36)23(37)35-10-9-34(14-25(35,3)4)24(38)26(5,6)39;1-17(2)20-14-22(19-8-6-18(3)7-9-19)31-34-15-23(29-24(20)34)26(36)33-13-12-32(16-27(33,4)5)25(35)21-10-11-28-30-21;1-17(2)19-14-20(18-10-8-7-9-11-18)28-31-15-21(27-22(19)31)23(32)30-13-12-29(16-25(30,3)4)24(33)26(5,6)34/h6-9,12,15,17,20,40H,10-11,13-14,16H2,1-5H3;7-8,11-13,15,39H,9-10,14H2,1-6H3;6-11,14-15,17H,12-13,16H2,1-5H3,(H,28,30);7-11,14-15,17,34H,12-13,16H2,1-6H3. The second kappa shape index (κ2) is 41.0. The molecule has 0 radical (unpaired) electrons. The fraction of sp³-hybridized carbons (Fsp3) is 0.459. The van der Waals surface area contributed by atoms with Crippen LogP contribution in [-0.4, -0.2) is 294 Å². The molecule has 1 saturated carbocycles. The number of carbonyl (C=O) groups is 8. The molecule has 13 heterocycles. The number of aliphatic hydroxyl groups is 3. The first-order valence-corrected chi connectivity index (χ1v) is 49.9. The number of imidazole rings is 4. The molecule has 4 aromatic carbocycles. The third kappa shape index (κ3) is 22.8. The van der Waals surface area contributed by atoms with Gasteiger partial charge >= 0.3 is 12.4 Å². The number of amides is 8. The average Bonchev–Trinajstić information content (AvgIpc) is 0.960. The van der Waals surface area contributed by atoms with Crippen LogP contribution in [0.15, 0.2) is 158 Å². The normalized spacial score (nSPS) is 17.9. The molecule has 13 aromatic rings. The van der Waals surface area contributed by atoms with Gasteiger partial charge in [-0.25, -0.2) is 42.4 Å². The molecule has 9 aromatic heterocycles. The summed E-state index contributed by atoms with van der Waals surface area (Å²) in [7, 11) is 0. The molecule has 33 nitrogen and oxygen atoms in total. The van der Waals surface area contributed by atoms with Crippen molar-refractivity contribution in [2.75, 3.05) is 78.5 Å². The van der Waals surface area contributed by atoms with E-state index in [1.807, 2.05) is 143 Å². The maximum absolute atomic E-state index is 14.3. The summed E-state index contributed by atoms with van der Waals surface area (Å²) in [4.78, 5) is 137. The molecule has 5 aliphatic rings. The van der Waals surface area contributed by atoms with Gasteiger partial charge in [-0.2, -0.15) is 51.8 Å². The van der Waals surface area contributed by atoms with Gasteiger partial charge in [-0.05, 0) is 176 Å². The summed E-state index contributed by atoms with van der Waals surface area (Å²) in [6.07, 6.45) is -2.79. The Morgan fingerprint density at radius 1 is 0.389 bits per heavy atom. The molecule has 18 rings (SSSR count). The van der Waals surface area contributed by atoms with Gasteiger partial charge < -0.3 is 54.5 Å². The van der Waals surface area contributed by atoms with Crippen LogP contribution >= 0.6 is 0 Å². The summed E-state index contributed by atoms with van der Waals surface area (Å²) >= 11 is 0. The van der Waals surface area contributed by atoms with Crippen molar-refractivity contribution in [2.45, 2.75) is 240 Å². The lowest BCUT2D eigenvalue weighted by Gasteiger charge is -2.50. The number of piperazine rings is 4. The number of aromatic nitrogens is 14. The third-order valence-electron chi connectivity index (χ3n) is 28.1. The van der Waals surface area contributed by atoms with Gasteiger partial charge in [0.2, 0.25) is 5.91 Å². The zero-order chi connectivity index (χ0) is 109. The first-order valence-electron chi connectivity index (χ1n) is 49.9. The highest BCUT2D eigenvalue weighted by Crippen LogP contribution is 2.50. The largest absolute Gasteiger partial charge is 0.419 e. The quantitative estimate of drug-likeness (QED) is 0.0653. The van der Waals surface area contributed by atoms with Crippen LogP contribution in [0.3, 0.4) is 0 Å². The number of nitrogens with one attached hydrogen (secondary N) is 1. The van der Waals surface area contributed by atoms with Crippen LogP contribution in [0.25, 0.3) is 67.6 Å². The Bertz CT molecular complexity index is 7250. The van der Waals surface area contributed by atoms with Crippen LogP contribution in [0.5, 0.6) is 0 Å². The van der Waals surface area contributed by atoms with Gasteiger partial charge in [0.05, 0.1) is 75.3 Å². The Hall–Kier alpha value is -14.3. The van der Waals surface area contributed by atoms with E-state index in [1.54, 1.807) is 79.9 Å². The van der Waals surface area contributed by atoms with Crippen LogP contribution in [0.1, 0.15) is 266 Å². The molecule has 0 atom stereocenters. The second-order valence-electron chi connectivity index (χ2n) is 44.2. The first kappa shape index (κ1) is 109. The van der Waals surface area contributed by atoms with Crippen molar-refractivity contribution in [3.05, 3.63) is 232 Å². The number of hydrogen-bond donors (Lipinski definition) is 4. The summed E-state index contributed by atoms with van der Waals surface area (Å²) in [5, 5.41) is 55.3. The molecule has 4 saturated heterocycles. The highest BCUT2D eigenvalue weighted by Gasteiger charge is 2.63. The number of halogens is 7. The Morgan fingerprint density at radius 3 is 0.987 bits per heavy atom. The highest BCUT2D eigenvalue weighted by atomic mass is 19.4. The number of aryl methyl sites for hydroxylation is 2. The predicted molar refractivity (Wildman–Crippen MR) is 545 cm³/mol. The number of aromatic amines is 1. The first-order chi connectivity index (χ1) is 69.5. The molecule has 1 aliphatic carbocycles. The van der Waals surface area contributed by atoms with Crippen molar-refractivity contribution in [1.82, 2.24) is 108 Å². The molecule has 149 heavy (non-hydrogen) atoms. The molecular weight excluding hydrogens is 1930 g/mol. The third-order valence-corrected chi connectivity index (χ3v) is 28.1. The van der Waals surface area contributed by atoms with Crippen LogP contribution in [0.2, 0.25) is 0 Å². The van der Waals surface area contributed by atoms with E-state index in [0.29, 0.717) is 90.6 Å². The van der Waals surface area contributed by atoms with E-state index < -0.39 is 93.3 Å². The summed E-state index contributed by atoms with van der Waals surface area (Å²) in [6, 6.07) is 38.3.